The van der Waals surface area contributed by atoms with Crippen LogP contribution < -0.4 is 10.6 Å². The molecule has 2 bridgehead atoms. The van der Waals surface area contributed by atoms with E-state index in [0.29, 0.717) is 25.4 Å². The number of carbonyl (C=O) groups excluding carboxylic acids is 2. The van der Waals surface area contributed by atoms with Gasteiger partial charge in [-0.05, 0) is 38.0 Å². The average molecular weight is 378 g/mol. The second-order valence-electron chi connectivity index (χ2n) is 7.21. The van der Waals surface area contributed by atoms with Gasteiger partial charge in [0.05, 0.1) is 24.1 Å². The lowest BCUT2D eigenvalue weighted by Crippen LogP contribution is -2.38. The number of fused-ring (bicyclic) bond motifs is 2. The topological polar surface area (TPSA) is 123 Å². The number of carboxylic acids is 1. The molecule has 2 aliphatic rings. The number of aliphatic carboxylic acids is 1. The lowest BCUT2D eigenvalue weighted by atomic mass is 9.78. The molecule has 3 rings (SSSR count). The predicted molar refractivity (Wildman–Crippen MR) is 96.2 cm³/mol. The third-order valence-electron chi connectivity index (χ3n) is 5.65. The number of hydrogen-bond acceptors (Lipinski definition) is 5. The molecule has 2 aliphatic carbocycles. The number of rotatable bonds is 8. The molecule has 2 saturated carbocycles. The standard InChI is InChI=1S/C18H26N4O5/c1-3-22-9-12(15(21-22)17(24)19-6-7-27-2)20-16(23)13-10-4-5-11(8-10)14(13)18(25)26/h9-11,13-14H,3-8H2,1-2H3,(H,19,24)(H,20,23)(H,25,26)/t10-,11+,13+,14+/m1/s1. The highest BCUT2D eigenvalue weighted by Gasteiger charge is 2.54. The van der Waals surface area contributed by atoms with Crippen molar-refractivity contribution in [3.05, 3.63) is 11.9 Å². The van der Waals surface area contributed by atoms with Crippen molar-refractivity contribution >= 4 is 23.5 Å². The van der Waals surface area contributed by atoms with E-state index in [4.69, 9.17) is 4.74 Å². The van der Waals surface area contributed by atoms with Crippen LogP contribution in [0, 0.1) is 23.7 Å². The quantitative estimate of drug-likeness (QED) is 0.579. The summed E-state index contributed by atoms with van der Waals surface area (Å²) in [5, 5.41) is 19.2. The van der Waals surface area contributed by atoms with E-state index in [2.05, 4.69) is 15.7 Å². The molecule has 2 amide bonds. The summed E-state index contributed by atoms with van der Waals surface area (Å²) in [6.45, 7) is 3.12. The fourth-order valence-electron chi connectivity index (χ4n) is 4.43. The number of ether oxygens (including phenoxy) is 1. The molecule has 9 heteroatoms. The number of aromatic nitrogens is 2. The van der Waals surface area contributed by atoms with Gasteiger partial charge in [-0.3, -0.25) is 19.1 Å². The predicted octanol–water partition coefficient (Wildman–Crippen LogP) is 0.965. The maximum Gasteiger partial charge on any atom is 0.307 e. The van der Waals surface area contributed by atoms with E-state index in [-0.39, 0.29) is 23.4 Å². The van der Waals surface area contributed by atoms with Gasteiger partial charge in [-0.2, -0.15) is 5.10 Å². The van der Waals surface area contributed by atoms with Gasteiger partial charge in [-0.15, -0.1) is 0 Å². The molecule has 27 heavy (non-hydrogen) atoms. The molecule has 1 heterocycles. The molecule has 0 aromatic carbocycles. The summed E-state index contributed by atoms with van der Waals surface area (Å²) in [5.74, 6) is -2.70. The van der Waals surface area contributed by atoms with Crippen LogP contribution in [0.5, 0.6) is 0 Å². The maximum atomic E-state index is 12.9. The highest BCUT2D eigenvalue weighted by atomic mass is 16.5. The second-order valence-corrected chi connectivity index (χ2v) is 7.21. The van der Waals surface area contributed by atoms with Crippen molar-refractivity contribution in [3.8, 4) is 0 Å². The summed E-state index contributed by atoms with van der Waals surface area (Å²) in [5.41, 5.74) is 0.431. The van der Waals surface area contributed by atoms with E-state index in [1.54, 1.807) is 10.9 Å². The molecule has 148 valence electrons. The molecule has 0 spiro atoms. The van der Waals surface area contributed by atoms with Crippen LogP contribution >= 0.6 is 0 Å². The fourth-order valence-corrected chi connectivity index (χ4v) is 4.43. The number of hydrogen-bond donors (Lipinski definition) is 3. The highest BCUT2D eigenvalue weighted by molar-refractivity contribution is 6.03. The van der Waals surface area contributed by atoms with Gasteiger partial charge in [0.15, 0.2) is 5.69 Å². The molecule has 1 aromatic heterocycles. The Morgan fingerprint density at radius 3 is 2.63 bits per heavy atom. The van der Waals surface area contributed by atoms with Gasteiger partial charge in [-0.1, -0.05) is 0 Å². The van der Waals surface area contributed by atoms with E-state index in [1.807, 2.05) is 6.92 Å². The number of carboxylic acid groups (broad SMARTS) is 1. The molecule has 2 fully saturated rings. The van der Waals surface area contributed by atoms with Gasteiger partial charge in [0.25, 0.3) is 5.91 Å². The number of anilines is 1. The smallest absolute Gasteiger partial charge is 0.307 e. The number of aryl methyl sites for hydroxylation is 1. The molecule has 3 N–H and O–H groups in total. The maximum absolute atomic E-state index is 12.9. The average Bonchev–Trinajstić information content (AvgIpc) is 3.35. The van der Waals surface area contributed by atoms with E-state index in [9.17, 15) is 19.5 Å². The Morgan fingerprint density at radius 1 is 1.30 bits per heavy atom. The molecule has 0 saturated heterocycles. The Balaban J connectivity index is 1.76. The van der Waals surface area contributed by atoms with Crippen LogP contribution in [0.1, 0.15) is 36.7 Å². The largest absolute Gasteiger partial charge is 0.481 e. The summed E-state index contributed by atoms with van der Waals surface area (Å²) in [4.78, 5) is 36.9. The molecule has 9 nitrogen and oxygen atoms in total. The first kappa shape index (κ1) is 19.3. The first-order valence-electron chi connectivity index (χ1n) is 9.34. The third-order valence-corrected chi connectivity index (χ3v) is 5.65. The van der Waals surface area contributed by atoms with Crippen molar-refractivity contribution < 1.29 is 24.2 Å². The van der Waals surface area contributed by atoms with E-state index < -0.39 is 23.7 Å². The number of carbonyl (C=O) groups is 3. The van der Waals surface area contributed by atoms with Crippen molar-refractivity contribution in [1.82, 2.24) is 15.1 Å². The van der Waals surface area contributed by atoms with Crippen LogP contribution in [0.2, 0.25) is 0 Å². The first-order chi connectivity index (χ1) is 13.0. The van der Waals surface area contributed by atoms with Gasteiger partial charge in [0, 0.05) is 26.4 Å². The molecule has 1 aromatic rings. The van der Waals surface area contributed by atoms with Gasteiger partial charge < -0.3 is 20.5 Å². The minimum atomic E-state index is -0.913. The summed E-state index contributed by atoms with van der Waals surface area (Å²) in [6, 6.07) is 0. The fraction of sp³-hybridized carbons (Fsp3) is 0.667. The number of nitrogens with one attached hydrogen (secondary N) is 2. The minimum Gasteiger partial charge on any atom is -0.481 e. The zero-order valence-electron chi connectivity index (χ0n) is 15.6. The molecule has 4 atom stereocenters. The van der Waals surface area contributed by atoms with Crippen LogP contribution in [0.3, 0.4) is 0 Å². The van der Waals surface area contributed by atoms with Gasteiger partial charge in [0.1, 0.15) is 0 Å². The Kier molecular flexibility index (Phi) is 5.79. The SMILES string of the molecule is CCn1cc(NC(=O)[C@H]2[C@@H]3CC[C@@H](C3)[C@@H]2C(=O)O)c(C(=O)NCCOC)n1. The molecule has 0 radical (unpaired) electrons. The van der Waals surface area contributed by atoms with Crippen molar-refractivity contribution in [2.24, 2.45) is 23.7 Å². The molecule has 0 aliphatic heterocycles. The highest BCUT2D eigenvalue weighted by Crippen LogP contribution is 2.52. The number of methoxy groups -OCH3 is 1. The molecular weight excluding hydrogens is 352 g/mol. The molecule has 0 unspecified atom stereocenters. The number of nitrogens with zero attached hydrogens (tertiary/aromatic N) is 2. The van der Waals surface area contributed by atoms with Crippen molar-refractivity contribution in [3.63, 3.8) is 0 Å². The summed E-state index contributed by atoms with van der Waals surface area (Å²) in [7, 11) is 1.54. The Morgan fingerprint density at radius 2 is 2.00 bits per heavy atom. The zero-order chi connectivity index (χ0) is 19.6. The van der Waals surface area contributed by atoms with Crippen LogP contribution in [0.15, 0.2) is 6.20 Å². The lowest BCUT2D eigenvalue weighted by molar-refractivity contribution is -0.148. The van der Waals surface area contributed by atoms with Crippen molar-refractivity contribution in [2.75, 3.05) is 25.6 Å². The Labute approximate surface area is 157 Å². The van der Waals surface area contributed by atoms with Crippen LogP contribution in [-0.4, -0.2) is 52.9 Å². The van der Waals surface area contributed by atoms with Gasteiger partial charge >= 0.3 is 5.97 Å². The van der Waals surface area contributed by atoms with Crippen LogP contribution in [-0.2, 0) is 20.9 Å². The van der Waals surface area contributed by atoms with Gasteiger partial charge in [-0.25, -0.2) is 0 Å². The van der Waals surface area contributed by atoms with E-state index >= 15 is 0 Å². The summed E-state index contributed by atoms with van der Waals surface area (Å²) >= 11 is 0. The third kappa shape index (κ3) is 3.83. The van der Waals surface area contributed by atoms with Gasteiger partial charge in [0.2, 0.25) is 5.91 Å². The Bertz CT molecular complexity index is 731. The van der Waals surface area contributed by atoms with Crippen molar-refractivity contribution in [2.45, 2.75) is 32.7 Å². The van der Waals surface area contributed by atoms with Crippen LogP contribution in [0.25, 0.3) is 0 Å². The van der Waals surface area contributed by atoms with Crippen LogP contribution in [0.4, 0.5) is 5.69 Å². The normalized spacial score (nSPS) is 26.1. The Hall–Kier alpha value is -2.42. The first-order valence-corrected chi connectivity index (χ1v) is 9.34. The van der Waals surface area contributed by atoms with E-state index in [1.165, 1.54) is 7.11 Å². The lowest BCUT2D eigenvalue weighted by Gasteiger charge is -2.26. The molecular formula is C18H26N4O5. The number of amides is 2. The second kappa shape index (κ2) is 8.08. The van der Waals surface area contributed by atoms with E-state index in [0.717, 1.165) is 19.3 Å². The monoisotopic (exact) mass is 378 g/mol. The summed E-state index contributed by atoms with van der Waals surface area (Å²) < 4.78 is 6.48. The van der Waals surface area contributed by atoms with Crippen molar-refractivity contribution in [1.29, 1.82) is 0 Å². The zero-order valence-corrected chi connectivity index (χ0v) is 15.6. The minimum absolute atomic E-state index is 0.0680. The summed E-state index contributed by atoms with van der Waals surface area (Å²) in [6.07, 6.45) is 4.14.